The fraction of sp³-hybridized carbons (Fsp3) is 1.00. The molecule has 0 radical (unpaired) electrons. The van der Waals surface area contributed by atoms with Crippen molar-refractivity contribution >= 4 is 0 Å². The monoisotopic (exact) mass is 143 g/mol. The number of aliphatic hydroxyl groups excluding tert-OH is 1. The van der Waals surface area contributed by atoms with Crippen molar-refractivity contribution in [3.05, 3.63) is 0 Å². The fourth-order valence-corrected chi connectivity index (χ4v) is 1.57. The molecule has 0 heterocycles. The summed E-state index contributed by atoms with van der Waals surface area (Å²) in [6.07, 6.45) is 2.69. The first kappa shape index (κ1) is 8.02. The highest BCUT2D eigenvalue weighted by Gasteiger charge is 2.31. The first-order valence-corrected chi connectivity index (χ1v) is 3.95. The van der Waals surface area contributed by atoms with Gasteiger partial charge >= 0.3 is 0 Å². The molecule has 10 heavy (non-hydrogen) atoms. The molecule has 3 N–H and O–H groups in total. The van der Waals surface area contributed by atoms with Gasteiger partial charge in [0.2, 0.25) is 0 Å². The maximum Gasteiger partial charge on any atom is 0.0696 e. The maximum atomic E-state index is 9.39. The van der Waals surface area contributed by atoms with E-state index in [0.717, 1.165) is 19.3 Å². The summed E-state index contributed by atoms with van der Waals surface area (Å²) in [4.78, 5) is 0. The fourth-order valence-electron chi connectivity index (χ4n) is 1.57. The van der Waals surface area contributed by atoms with Crippen LogP contribution in [0.1, 0.15) is 33.1 Å². The van der Waals surface area contributed by atoms with Crippen LogP contribution in [-0.2, 0) is 0 Å². The molecule has 0 amide bonds. The van der Waals surface area contributed by atoms with Gasteiger partial charge in [0.25, 0.3) is 0 Å². The number of hydrogen-bond acceptors (Lipinski definition) is 2. The predicted molar refractivity (Wildman–Crippen MR) is 41.6 cm³/mol. The van der Waals surface area contributed by atoms with Gasteiger partial charge in [-0.25, -0.2) is 0 Å². The highest BCUT2D eigenvalue weighted by Crippen LogP contribution is 2.34. The van der Waals surface area contributed by atoms with Crippen LogP contribution in [-0.4, -0.2) is 17.3 Å². The third kappa shape index (κ3) is 1.70. The van der Waals surface area contributed by atoms with Crippen LogP contribution >= 0.6 is 0 Å². The standard InChI is InChI=1S/C8H17NO/c1-8(2)4-3-6(9)7(10)5-8/h6-7,10H,3-5,9H2,1-2H3. The normalized spacial score (nSPS) is 39.6. The van der Waals surface area contributed by atoms with E-state index in [0.29, 0.717) is 5.41 Å². The van der Waals surface area contributed by atoms with Crippen LogP contribution in [0, 0.1) is 5.41 Å². The van der Waals surface area contributed by atoms with E-state index in [-0.39, 0.29) is 12.1 Å². The van der Waals surface area contributed by atoms with Gasteiger partial charge in [-0.2, -0.15) is 0 Å². The van der Waals surface area contributed by atoms with Crippen LogP contribution in [0.5, 0.6) is 0 Å². The van der Waals surface area contributed by atoms with Gasteiger partial charge in [0.05, 0.1) is 6.10 Å². The molecule has 0 spiro atoms. The lowest BCUT2D eigenvalue weighted by Crippen LogP contribution is -2.42. The molecule has 0 aromatic rings. The van der Waals surface area contributed by atoms with Gasteiger partial charge in [0.15, 0.2) is 0 Å². The molecular formula is C8H17NO. The number of aliphatic hydroxyl groups is 1. The third-order valence-corrected chi connectivity index (χ3v) is 2.41. The first-order chi connectivity index (χ1) is 4.51. The van der Waals surface area contributed by atoms with Gasteiger partial charge in [-0.3, -0.25) is 0 Å². The molecule has 2 unspecified atom stereocenters. The first-order valence-electron chi connectivity index (χ1n) is 3.95. The van der Waals surface area contributed by atoms with Gasteiger partial charge in [-0.1, -0.05) is 13.8 Å². The lowest BCUT2D eigenvalue weighted by Gasteiger charge is -2.36. The van der Waals surface area contributed by atoms with Crippen LogP contribution < -0.4 is 5.73 Å². The second-order valence-corrected chi connectivity index (χ2v) is 4.14. The summed E-state index contributed by atoms with van der Waals surface area (Å²) in [5.74, 6) is 0. The summed E-state index contributed by atoms with van der Waals surface area (Å²) < 4.78 is 0. The molecule has 0 saturated heterocycles. The SMILES string of the molecule is CC1(C)CCC(N)C(O)C1. The summed E-state index contributed by atoms with van der Waals surface area (Å²) in [6.45, 7) is 4.37. The Bertz CT molecular complexity index is 122. The van der Waals surface area contributed by atoms with Gasteiger partial charge < -0.3 is 10.8 Å². The zero-order chi connectivity index (χ0) is 7.78. The van der Waals surface area contributed by atoms with Gasteiger partial charge in [0, 0.05) is 6.04 Å². The molecule has 0 aliphatic heterocycles. The van der Waals surface area contributed by atoms with E-state index in [1.54, 1.807) is 0 Å². The summed E-state index contributed by atoms with van der Waals surface area (Å²) in [5, 5.41) is 9.39. The van der Waals surface area contributed by atoms with Crippen molar-refractivity contribution in [2.24, 2.45) is 11.1 Å². The molecule has 2 nitrogen and oxygen atoms in total. The Balaban J connectivity index is 2.49. The zero-order valence-electron chi connectivity index (χ0n) is 6.80. The molecule has 1 aliphatic rings. The average molecular weight is 143 g/mol. The average Bonchev–Trinajstić information content (AvgIpc) is 1.79. The molecule has 60 valence electrons. The highest BCUT2D eigenvalue weighted by atomic mass is 16.3. The van der Waals surface area contributed by atoms with Crippen molar-refractivity contribution in [2.75, 3.05) is 0 Å². The van der Waals surface area contributed by atoms with Crippen molar-refractivity contribution in [1.29, 1.82) is 0 Å². The van der Waals surface area contributed by atoms with Crippen LogP contribution in [0.15, 0.2) is 0 Å². The van der Waals surface area contributed by atoms with Crippen LogP contribution in [0.2, 0.25) is 0 Å². The van der Waals surface area contributed by atoms with Gasteiger partial charge in [-0.15, -0.1) is 0 Å². The molecule has 2 atom stereocenters. The van der Waals surface area contributed by atoms with E-state index in [2.05, 4.69) is 13.8 Å². The predicted octanol–water partition coefficient (Wildman–Crippen LogP) is 0.885. The lowest BCUT2D eigenvalue weighted by molar-refractivity contribution is 0.0485. The third-order valence-electron chi connectivity index (χ3n) is 2.41. The summed E-state index contributed by atoms with van der Waals surface area (Å²) in [7, 11) is 0. The quantitative estimate of drug-likeness (QED) is 0.529. The second kappa shape index (κ2) is 2.51. The Morgan fingerprint density at radius 1 is 1.50 bits per heavy atom. The Hall–Kier alpha value is -0.0800. The largest absolute Gasteiger partial charge is 0.391 e. The molecule has 1 saturated carbocycles. The molecule has 1 fully saturated rings. The second-order valence-electron chi connectivity index (χ2n) is 4.14. The molecule has 1 aliphatic carbocycles. The van der Waals surface area contributed by atoms with E-state index in [1.807, 2.05) is 0 Å². The van der Waals surface area contributed by atoms with E-state index >= 15 is 0 Å². The van der Waals surface area contributed by atoms with Crippen LogP contribution in [0.4, 0.5) is 0 Å². The number of rotatable bonds is 0. The minimum absolute atomic E-state index is 0.0213. The van der Waals surface area contributed by atoms with Crippen molar-refractivity contribution in [3.63, 3.8) is 0 Å². The zero-order valence-corrected chi connectivity index (χ0v) is 6.80. The summed E-state index contributed by atoms with van der Waals surface area (Å²) in [5.41, 5.74) is 5.95. The number of hydrogen-bond donors (Lipinski definition) is 2. The minimum Gasteiger partial charge on any atom is -0.391 e. The van der Waals surface area contributed by atoms with E-state index in [9.17, 15) is 5.11 Å². The molecule has 0 aromatic carbocycles. The van der Waals surface area contributed by atoms with Crippen molar-refractivity contribution in [3.8, 4) is 0 Å². The van der Waals surface area contributed by atoms with E-state index in [1.165, 1.54) is 0 Å². The molecule has 0 bridgehead atoms. The number of nitrogens with two attached hydrogens (primary N) is 1. The minimum atomic E-state index is -0.274. The topological polar surface area (TPSA) is 46.2 Å². The highest BCUT2D eigenvalue weighted by molar-refractivity contribution is 4.86. The molecule has 1 rings (SSSR count). The molecular weight excluding hydrogens is 126 g/mol. The lowest BCUT2D eigenvalue weighted by atomic mass is 9.74. The maximum absolute atomic E-state index is 9.39. The Kier molecular flexibility index (Phi) is 2.02. The smallest absolute Gasteiger partial charge is 0.0696 e. The van der Waals surface area contributed by atoms with E-state index < -0.39 is 0 Å². The summed E-state index contributed by atoms with van der Waals surface area (Å²) in [6, 6.07) is 0.0213. The van der Waals surface area contributed by atoms with Gasteiger partial charge in [0.1, 0.15) is 0 Å². The van der Waals surface area contributed by atoms with Crippen molar-refractivity contribution in [2.45, 2.75) is 45.3 Å². The van der Waals surface area contributed by atoms with Crippen molar-refractivity contribution < 1.29 is 5.11 Å². The van der Waals surface area contributed by atoms with E-state index in [4.69, 9.17) is 5.73 Å². The van der Waals surface area contributed by atoms with Gasteiger partial charge in [-0.05, 0) is 24.7 Å². The molecule has 0 aromatic heterocycles. The van der Waals surface area contributed by atoms with Crippen LogP contribution in [0.3, 0.4) is 0 Å². The Morgan fingerprint density at radius 2 is 2.10 bits per heavy atom. The Morgan fingerprint density at radius 3 is 2.50 bits per heavy atom. The summed E-state index contributed by atoms with van der Waals surface area (Å²) >= 11 is 0. The molecule has 2 heteroatoms. The van der Waals surface area contributed by atoms with Crippen LogP contribution in [0.25, 0.3) is 0 Å². The Labute approximate surface area is 62.4 Å². The van der Waals surface area contributed by atoms with Crippen molar-refractivity contribution in [1.82, 2.24) is 0 Å².